The molecule has 2 atom stereocenters. The van der Waals surface area contributed by atoms with Crippen molar-refractivity contribution < 1.29 is 22.4 Å². The maximum Gasteiger partial charge on any atom is 0.264 e. The Morgan fingerprint density at radius 3 is 2.17 bits per heavy atom. The molecule has 1 N–H and O–H groups in total. The van der Waals surface area contributed by atoms with Gasteiger partial charge in [0.15, 0.2) is 0 Å². The molecular weight excluding hydrogens is 553 g/mol. The number of carbonyl (C=O) groups is 2. The number of aryl methyl sites for hydroxylation is 2. The van der Waals surface area contributed by atoms with E-state index >= 15 is 0 Å². The second kappa shape index (κ2) is 13.3. The number of nitrogens with zero attached hydrogens (tertiary/aromatic N) is 2. The molecule has 3 rings (SSSR count). The molecule has 0 aliphatic heterocycles. The van der Waals surface area contributed by atoms with E-state index in [9.17, 15) is 22.4 Å². The number of anilines is 1. The summed E-state index contributed by atoms with van der Waals surface area (Å²) in [6.45, 7) is 8.39. The molecule has 0 unspecified atom stereocenters. The van der Waals surface area contributed by atoms with Crippen molar-refractivity contribution in [3.8, 4) is 0 Å². The molecule has 0 heterocycles. The molecule has 0 bridgehead atoms. The summed E-state index contributed by atoms with van der Waals surface area (Å²) in [6.07, 6.45) is 0.696. The maximum absolute atomic E-state index is 13.9. The highest BCUT2D eigenvalue weighted by Crippen LogP contribution is 2.29. The van der Waals surface area contributed by atoms with Crippen molar-refractivity contribution in [2.24, 2.45) is 0 Å². The summed E-state index contributed by atoms with van der Waals surface area (Å²) in [5.74, 6) is -1.42. The van der Waals surface area contributed by atoms with Crippen LogP contribution in [-0.4, -0.2) is 43.8 Å². The normalized spacial score (nSPS) is 12.9. The minimum absolute atomic E-state index is 0.00949. The van der Waals surface area contributed by atoms with Gasteiger partial charge in [-0.25, -0.2) is 12.8 Å². The van der Waals surface area contributed by atoms with Gasteiger partial charge in [0.05, 0.1) is 10.6 Å². The predicted octanol–water partition coefficient (Wildman–Crippen LogP) is 5.62. The van der Waals surface area contributed by atoms with Gasteiger partial charge in [-0.1, -0.05) is 54.4 Å². The molecule has 0 aliphatic carbocycles. The van der Waals surface area contributed by atoms with Crippen LogP contribution < -0.4 is 9.62 Å². The molecule has 0 aliphatic rings. The number of sulfonamides is 1. The van der Waals surface area contributed by atoms with Crippen LogP contribution in [0.4, 0.5) is 10.1 Å². The molecule has 0 saturated carbocycles. The van der Waals surface area contributed by atoms with Gasteiger partial charge in [-0.15, -0.1) is 0 Å². The van der Waals surface area contributed by atoms with E-state index in [0.29, 0.717) is 17.0 Å². The molecule has 2 amide bonds. The standard InChI is InChI=1S/C30H35ClFN3O4S/c1-6-22(4)33-30(37)23(5)34(18-24-10-12-25(32)13-11-24)29(36)19-35(26-14-9-21(3)28(31)17-26)40(38,39)27-15-7-20(2)8-16-27/h7-17,22-23H,6,18-19H2,1-5H3,(H,33,37)/t22-,23+/m0/s1. The summed E-state index contributed by atoms with van der Waals surface area (Å²) in [6, 6.07) is 15.6. The van der Waals surface area contributed by atoms with E-state index in [-0.39, 0.29) is 29.1 Å². The Labute approximate surface area is 241 Å². The van der Waals surface area contributed by atoms with E-state index in [1.54, 1.807) is 38.1 Å². The quantitative estimate of drug-likeness (QED) is 0.315. The third-order valence-electron chi connectivity index (χ3n) is 6.77. The molecule has 214 valence electrons. The van der Waals surface area contributed by atoms with Crippen LogP contribution in [0.1, 0.15) is 43.9 Å². The zero-order chi connectivity index (χ0) is 29.6. The number of hydrogen-bond acceptors (Lipinski definition) is 4. The van der Waals surface area contributed by atoms with Gasteiger partial charge in [-0.2, -0.15) is 0 Å². The van der Waals surface area contributed by atoms with Crippen LogP contribution in [0.5, 0.6) is 0 Å². The highest BCUT2D eigenvalue weighted by Gasteiger charge is 2.33. The molecule has 0 fully saturated rings. The maximum atomic E-state index is 13.9. The van der Waals surface area contributed by atoms with Crippen molar-refractivity contribution in [2.75, 3.05) is 10.8 Å². The van der Waals surface area contributed by atoms with Gasteiger partial charge in [-0.05, 0) is 81.6 Å². The van der Waals surface area contributed by atoms with Gasteiger partial charge in [0.1, 0.15) is 18.4 Å². The average molecular weight is 588 g/mol. The van der Waals surface area contributed by atoms with E-state index in [1.165, 1.54) is 47.4 Å². The molecular formula is C30H35ClFN3O4S. The summed E-state index contributed by atoms with van der Waals surface area (Å²) in [4.78, 5) is 28.3. The van der Waals surface area contributed by atoms with Crippen molar-refractivity contribution in [3.05, 3.63) is 94.3 Å². The lowest BCUT2D eigenvalue weighted by Gasteiger charge is -2.32. The van der Waals surface area contributed by atoms with Gasteiger partial charge in [-0.3, -0.25) is 13.9 Å². The summed E-state index contributed by atoms with van der Waals surface area (Å²) in [7, 11) is -4.20. The molecule has 3 aromatic carbocycles. The second-order valence-electron chi connectivity index (χ2n) is 9.90. The van der Waals surface area contributed by atoms with Gasteiger partial charge in [0, 0.05) is 17.6 Å². The largest absolute Gasteiger partial charge is 0.352 e. The zero-order valence-corrected chi connectivity index (χ0v) is 24.9. The topological polar surface area (TPSA) is 86.8 Å². The number of hydrogen-bond donors (Lipinski definition) is 1. The van der Waals surface area contributed by atoms with E-state index in [1.807, 2.05) is 20.8 Å². The van der Waals surface area contributed by atoms with Gasteiger partial charge in [0.25, 0.3) is 10.0 Å². The number of benzene rings is 3. The Kier molecular flexibility index (Phi) is 10.3. The summed E-state index contributed by atoms with van der Waals surface area (Å²) in [5.41, 5.74) is 2.43. The SMILES string of the molecule is CC[C@H](C)NC(=O)[C@@H](C)N(Cc1ccc(F)cc1)C(=O)CN(c1ccc(C)c(Cl)c1)S(=O)(=O)c1ccc(C)cc1. The minimum atomic E-state index is -4.20. The smallest absolute Gasteiger partial charge is 0.264 e. The molecule has 0 aromatic heterocycles. The van der Waals surface area contributed by atoms with Crippen LogP contribution in [0.3, 0.4) is 0 Å². The Bertz CT molecular complexity index is 1450. The van der Waals surface area contributed by atoms with Crippen molar-refractivity contribution in [3.63, 3.8) is 0 Å². The third-order valence-corrected chi connectivity index (χ3v) is 8.96. The third kappa shape index (κ3) is 7.61. The van der Waals surface area contributed by atoms with E-state index in [4.69, 9.17) is 11.6 Å². The van der Waals surface area contributed by atoms with Gasteiger partial charge >= 0.3 is 0 Å². The fourth-order valence-corrected chi connectivity index (χ4v) is 5.52. The van der Waals surface area contributed by atoms with Gasteiger partial charge in [0.2, 0.25) is 11.8 Å². The van der Waals surface area contributed by atoms with Crippen molar-refractivity contribution in [1.82, 2.24) is 10.2 Å². The lowest BCUT2D eigenvalue weighted by Crippen LogP contribution is -2.52. The molecule has 0 saturated heterocycles. The summed E-state index contributed by atoms with van der Waals surface area (Å²) in [5, 5.41) is 3.22. The first-order valence-electron chi connectivity index (χ1n) is 13.0. The number of halogens is 2. The van der Waals surface area contributed by atoms with Crippen molar-refractivity contribution >= 4 is 39.1 Å². The molecule has 7 nitrogen and oxygen atoms in total. The van der Waals surface area contributed by atoms with E-state index in [0.717, 1.165) is 15.4 Å². The predicted molar refractivity (Wildman–Crippen MR) is 156 cm³/mol. The van der Waals surface area contributed by atoms with Crippen LogP contribution in [0.2, 0.25) is 5.02 Å². The van der Waals surface area contributed by atoms with Crippen LogP contribution in [0.15, 0.2) is 71.6 Å². The lowest BCUT2D eigenvalue weighted by molar-refractivity contribution is -0.139. The highest BCUT2D eigenvalue weighted by molar-refractivity contribution is 7.92. The second-order valence-corrected chi connectivity index (χ2v) is 12.2. The van der Waals surface area contributed by atoms with Crippen LogP contribution in [-0.2, 0) is 26.2 Å². The minimum Gasteiger partial charge on any atom is -0.352 e. The Morgan fingerprint density at radius 1 is 0.975 bits per heavy atom. The Balaban J connectivity index is 2.04. The summed E-state index contributed by atoms with van der Waals surface area (Å²) < 4.78 is 42.3. The zero-order valence-electron chi connectivity index (χ0n) is 23.3. The molecule has 40 heavy (non-hydrogen) atoms. The fraction of sp³-hybridized carbons (Fsp3) is 0.333. The molecule has 10 heteroatoms. The van der Waals surface area contributed by atoms with Gasteiger partial charge < -0.3 is 10.2 Å². The first kappa shape index (κ1) is 31.1. The number of carbonyl (C=O) groups excluding carboxylic acids is 2. The van der Waals surface area contributed by atoms with Crippen LogP contribution >= 0.6 is 11.6 Å². The Morgan fingerprint density at radius 2 is 1.60 bits per heavy atom. The van der Waals surface area contributed by atoms with E-state index < -0.39 is 34.3 Å². The van der Waals surface area contributed by atoms with Crippen molar-refractivity contribution in [2.45, 2.75) is 64.6 Å². The molecule has 0 radical (unpaired) electrons. The number of nitrogens with one attached hydrogen (secondary N) is 1. The highest BCUT2D eigenvalue weighted by atomic mass is 35.5. The van der Waals surface area contributed by atoms with Crippen LogP contribution in [0, 0.1) is 19.7 Å². The molecule has 0 spiro atoms. The number of amides is 2. The first-order valence-corrected chi connectivity index (χ1v) is 14.8. The lowest BCUT2D eigenvalue weighted by atomic mass is 10.1. The Hall–Kier alpha value is -3.43. The molecule has 3 aromatic rings. The first-order chi connectivity index (χ1) is 18.8. The van der Waals surface area contributed by atoms with E-state index in [2.05, 4.69) is 5.32 Å². The van der Waals surface area contributed by atoms with Crippen LogP contribution in [0.25, 0.3) is 0 Å². The average Bonchev–Trinajstić information content (AvgIpc) is 2.92. The van der Waals surface area contributed by atoms with Crippen molar-refractivity contribution in [1.29, 1.82) is 0 Å². The fourth-order valence-electron chi connectivity index (χ4n) is 3.94. The monoisotopic (exact) mass is 587 g/mol. The summed E-state index contributed by atoms with van der Waals surface area (Å²) >= 11 is 6.35. The number of rotatable bonds is 11.